The summed E-state index contributed by atoms with van der Waals surface area (Å²) < 4.78 is 10.1. The summed E-state index contributed by atoms with van der Waals surface area (Å²) in [5, 5.41) is 9.10. The molecule has 0 radical (unpaired) electrons. The van der Waals surface area contributed by atoms with Gasteiger partial charge in [-0.3, -0.25) is 9.69 Å². The van der Waals surface area contributed by atoms with Gasteiger partial charge < -0.3 is 14.6 Å². The average molecular weight is 217 g/mol. The van der Waals surface area contributed by atoms with Crippen molar-refractivity contribution in [3.63, 3.8) is 0 Å². The van der Waals surface area contributed by atoms with E-state index in [0.717, 1.165) is 6.42 Å². The van der Waals surface area contributed by atoms with E-state index >= 15 is 0 Å². The lowest BCUT2D eigenvalue weighted by Crippen LogP contribution is -2.47. The molecule has 0 aliphatic carbocycles. The zero-order valence-corrected chi connectivity index (χ0v) is 9.15. The smallest absolute Gasteiger partial charge is 0.320 e. The fourth-order valence-corrected chi connectivity index (χ4v) is 1.77. The molecule has 0 saturated carbocycles. The van der Waals surface area contributed by atoms with Crippen LogP contribution < -0.4 is 0 Å². The fourth-order valence-electron chi connectivity index (χ4n) is 1.77. The lowest BCUT2D eigenvalue weighted by atomic mass is 10.1. The van der Waals surface area contributed by atoms with E-state index in [2.05, 4.69) is 0 Å². The Hall–Kier alpha value is -0.650. The molecule has 0 aromatic heterocycles. The van der Waals surface area contributed by atoms with E-state index in [1.165, 1.54) is 0 Å². The number of morpholine rings is 1. The van der Waals surface area contributed by atoms with Gasteiger partial charge in [0.25, 0.3) is 0 Å². The normalized spacial score (nSPS) is 20.1. The van der Waals surface area contributed by atoms with Crippen LogP contribution in [-0.2, 0) is 14.3 Å². The van der Waals surface area contributed by atoms with Gasteiger partial charge in [0.2, 0.25) is 0 Å². The van der Waals surface area contributed by atoms with Crippen molar-refractivity contribution >= 4 is 5.97 Å². The van der Waals surface area contributed by atoms with Gasteiger partial charge in [-0.05, 0) is 12.8 Å². The first-order valence-corrected chi connectivity index (χ1v) is 5.29. The van der Waals surface area contributed by atoms with Crippen LogP contribution in [0.1, 0.15) is 12.8 Å². The predicted octanol–water partition coefficient (Wildman–Crippen LogP) is 0.198. The Morgan fingerprint density at radius 2 is 2.20 bits per heavy atom. The molecule has 1 atom stereocenters. The first-order valence-electron chi connectivity index (χ1n) is 5.29. The number of nitrogens with zero attached hydrogens (tertiary/aromatic N) is 1. The minimum absolute atomic E-state index is 0.385. The number of ether oxygens (including phenoxy) is 2. The van der Waals surface area contributed by atoms with Crippen LogP contribution in [0, 0.1) is 0 Å². The van der Waals surface area contributed by atoms with E-state index in [4.69, 9.17) is 14.6 Å². The summed E-state index contributed by atoms with van der Waals surface area (Å²) in [6.07, 6.45) is 1.42. The molecule has 0 aromatic carbocycles. The second kappa shape index (κ2) is 6.76. The topological polar surface area (TPSA) is 59.0 Å². The van der Waals surface area contributed by atoms with Gasteiger partial charge in [0.05, 0.1) is 13.2 Å². The summed E-state index contributed by atoms with van der Waals surface area (Å²) in [5.41, 5.74) is 0. The number of carbonyl (C=O) groups is 1. The SMILES string of the molecule is COCCCC(C(=O)O)N1CCOCC1. The summed E-state index contributed by atoms with van der Waals surface area (Å²) in [6.45, 7) is 3.31. The Balaban J connectivity index is 2.37. The van der Waals surface area contributed by atoms with Crippen molar-refractivity contribution < 1.29 is 19.4 Å². The molecular formula is C10H19NO4. The third kappa shape index (κ3) is 4.15. The van der Waals surface area contributed by atoms with E-state index in [0.29, 0.717) is 39.3 Å². The molecule has 1 rings (SSSR count). The van der Waals surface area contributed by atoms with E-state index in [-0.39, 0.29) is 6.04 Å². The molecule has 1 fully saturated rings. The van der Waals surface area contributed by atoms with Crippen molar-refractivity contribution in [2.45, 2.75) is 18.9 Å². The Morgan fingerprint density at radius 3 is 2.73 bits per heavy atom. The van der Waals surface area contributed by atoms with Crippen molar-refractivity contribution in [2.24, 2.45) is 0 Å². The molecule has 15 heavy (non-hydrogen) atoms. The Morgan fingerprint density at radius 1 is 1.53 bits per heavy atom. The van der Waals surface area contributed by atoms with Gasteiger partial charge >= 0.3 is 5.97 Å². The number of carboxylic acids is 1. The van der Waals surface area contributed by atoms with Gasteiger partial charge in [-0.25, -0.2) is 0 Å². The molecule has 0 aromatic rings. The van der Waals surface area contributed by atoms with Crippen molar-refractivity contribution in [3.8, 4) is 0 Å². The molecule has 1 unspecified atom stereocenters. The van der Waals surface area contributed by atoms with E-state index in [9.17, 15) is 4.79 Å². The largest absolute Gasteiger partial charge is 0.480 e. The minimum Gasteiger partial charge on any atom is -0.480 e. The van der Waals surface area contributed by atoms with Crippen molar-refractivity contribution in [3.05, 3.63) is 0 Å². The molecule has 0 amide bonds. The Labute approximate surface area is 90.0 Å². The molecule has 5 nitrogen and oxygen atoms in total. The van der Waals surface area contributed by atoms with Crippen LogP contribution >= 0.6 is 0 Å². The van der Waals surface area contributed by atoms with E-state index in [1.807, 2.05) is 4.90 Å². The van der Waals surface area contributed by atoms with Crippen LogP contribution in [0.25, 0.3) is 0 Å². The number of carboxylic acid groups (broad SMARTS) is 1. The molecular weight excluding hydrogens is 198 g/mol. The van der Waals surface area contributed by atoms with E-state index < -0.39 is 5.97 Å². The van der Waals surface area contributed by atoms with Crippen molar-refractivity contribution in [1.82, 2.24) is 4.90 Å². The second-order valence-corrected chi connectivity index (χ2v) is 3.64. The molecule has 88 valence electrons. The van der Waals surface area contributed by atoms with Crippen LogP contribution in [0.4, 0.5) is 0 Å². The summed E-state index contributed by atoms with van der Waals surface area (Å²) in [5.74, 6) is -0.743. The number of rotatable bonds is 6. The molecule has 0 spiro atoms. The average Bonchev–Trinajstić information content (AvgIpc) is 2.25. The number of hydrogen-bond acceptors (Lipinski definition) is 4. The zero-order valence-electron chi connectivity index (χ0n) is 9.15. The quantitative estimate of drug-likeness (QED) is 0.644. The summed E-state index contributed by atoms with van der Waals surface area (Å²) in [4.78, 5) is 13.0. The standard InChI is InChI=1S/C10H19NO4/c1-14-6-2-3-9(10(12)13)11-4-7-15-8-5-11/h9H,2-8H2,1H3,(H,12,13). The molecule has 1 N–H and O–H groups in total. The van der Waals surface area contributed by atoms with Crippen LogP contribution in [0.15, 0.2) is 0 Å². The van der Waals surface area contributed by atoms with Gasteiger partial charge in [-0.2, -0.15) is 0 Å². The van der Waals surface area contributed by atoms with Crippen LogP contribution in [0.2, 0.25) is 0 Å². The summed E-state index contributed by atoms with van der Waals surface area (Å²) in [7, 11) is 1.63. The maximum absolute atomic E-state index is 11.1. The highest BCUT2D eigenvalue weighted by atomic mass is 16.5. The molecule has 1 aliphatic heterocycles. The molecule has 1 saturated heterocycles. The van der Waals surface area contributed by atoms with Gasteiger partial charge in [-0.1, -0.05) is 0 Å². The summed E-state index contributed by atoms with van der Waals surface area (Å²) in [6, 6.07) is -0.385. The minimum atomic E-state index is -0.743. The monoisotopic (exact) mass is 217 g/mol. The third-order valence-electron chi connectivity index (χ3n) is 2.60. The zero-order chi connectivity index (χ0) is 11.1. The number of methoxy groups -OCH3 is 1. The van der Waals surface area contributed by atoms with Crippen molar-refractivity contribution in [2.75, 3.05) is 40.0 Å². The van der Waals surface area contributed by atoms with Crippen molar-refractivity contribution in [1.29, 1.82) is 0 Å². The summed E-state index contributed by atoms with van der Waals surface area (Å²) >= 11 is 0. The third-order valence-corrected chi connectivity index (χ3v) is 2.60. The second-order valence-electron chi connectivity index (χ2n) is 3.64. The first-order chi connectivity index (χ1) is 7.25. The molecule has 1 aliphatic rings. The van der Waals surface area contributed by atoms with Crippen LogP contribution in [0.3, 0.4) is 0 Å². The maximum Gasteiger partial charge on any atom is 0.320 e. The van der Waals surface area contributed by atoms with Gasteiger partial charge in [-0.15, -0.1) is 0 Å². The van der Waals surface area contributed by atoms with Gasteiger partial charge in [0, 0.05) is 26.8 Å². The lowest BCUT2D eigenvalue weighted by molar-refractivity contribution is -0.145. The van der Waals surface area contributed by atoms with Gasteiger partial charge in [0.15, 0.2) is 0 Å². The van der Waals surface area contributed by atoms with Crippen LogP contribution in [-0.4, -0.2) is 62.0 Å². The fraction of sp³-hybridized carbons (Fsp3) is 0.900. The first kappa shape index (κ1) is 12.4. The van der Waals surface area contributed by atoms with Gasteiger partial charge in [0.1, 0.15) is 6.04 Å². The predicted molar refractivity (Wildman–Crippen MR) is 54.9 cm³/mol. The lowest BCUT2D eigenvalue weighted by Gasteiger charge is -2.31. The number of aliphatic carboxylic acids is 1. The Kier molecular flexibility index (Phi) is 5.60. The van der Waals surface area contributed by atoms with E-state index in [1.54, 1.807) is 7.11 Å². The Bertz CT molecular complexity index is 192. The number of hydrogen-bond donors (Lipinski definition) is 1. The molecule has 1 heterocycles. The highest BCUT2D eigenvalue weighted by Gasteiger charge is 2.26. The highest BCUT2D eigenvalue weighted by molar-refractivity contribution is 5.73. The maximum atomic E-state index is 11.1. The molecule has 5 heteroatoms. The molecule has 0 bridgehead atoms. The van der Waals surface area contributed by atoms with Crippen LogP contribution in [0.5, 0.6) is 0 Å². The highest BCUT2D eigenvalue weighted by Crippen LogP contribution is 2.10.